The van der Waals surface area contributed by atoms with Gasteiger partial charge < -0.3 is 14.9 Å². The van der Waals surface area contributed by atoms with E-state index in [0.29, 0.717) is 0 Å². The fourth-order valence-corrected chi connectivity index (χ4v) is 4.30. The SMILES string of the molecule is Cc1nc2ccccc2n1Cc1ccc2c(c1)nc(CCc1ccc(C(=N)N)cc1)n2C. The Hall–Kier alpha value is -3.93. The Morgan fingerprint density at radius 2 is 1.62 bits per heavy atom. The summed E-state index contributed by atoms with van der Waals surface area (Å²) in [5, 5.41) is 7.52. The van der Waals surface area contributed by atoms with Crippen molar-refractivity contribution in [3.63, 3.8) is 0 Å². The molecule has 0 unspecified atom stereocenters. The van der Waals surface area contributed by atoms with Gasteiger partial charge in [0.05, 0.1) is 22.1 Å². The van der Waals surface area contributed by atoms with Crippen LogP contribution in [0.15, 0.2) is 66.7 Å². The van der Waals surface area contributed by atoms with Crippen molar-refractivity contribution in [1.29, 1.82) is 5.41 Å². The molecule has 6 nitrogen and oxygen atoms in total. The summed E-state index contributed by atoms with van der Waals surface area (Å²) in [7, 11) is 2.08. The maximum absolute atomic E-state index is 7.52. The molecular formula is C26H26N6. The average molecular weight is 423 g/mol. The van der Waals surface area contributed by atoms with Crippen LogP contribution in [0.3, 0.4) is 0 Å². The van der Waals surface area contributed by atoms with E-state index in [2.05, 4.69) is 64.5 Å². The molecule has 5 rings (SSSR count). The number of hydrogen-bond acceptors (Lipinski definition) is 3. The first-order valence-corrected chi connectivity index (χ1v) is 10.8. The summed E-state index contributed by atoms with van der Waals surface area (Å²) in [4.78, 5) is 9.61. The average Bonchev–Trinajstić information content (AvgIpc) is 3.28. The van der Waals surface area contributed by atoms with Crippen molar-refractivity contribution >= 4 is 27.9 Å². The van der Waals surface area contributed by atoms with Gasteiger partial charge in [0.1, 0.15) is 17.5 Å². The van der Waals surface area contributed by atoms with Crippen LogP contribution in [0.25, 0.3) is 22.1 Å². The molecule has 5 aromatic rings. The third-order valence-corrected chi connectivity index (χ3v) is 6.13. The molecule has 0 radical (unpaired) electrons. The summed E-state index contributed by atoms with van der Waals surface area (Å²) in [6.45, 7) is 2.83. The third-order valence-electron chi connectivity index (χ3n) is 6.13. The highest BCUT2D eigenvalue weighted by molar-refractivity contribution is 5.94. The zero-order valence-corrected chi connectivity index (χ0v) is 18.3. The number of aromatic nitrogens is 4. The normalized spacial score (nSPS) is 11.4. The van der Waals surface area contributed by atoms with Crippen molar-refractivity contribution in [3.8, 4) is 0 Å². The maximum atomic E-state index is 7.52. The Morgan fingerprint density at radius 3 is 2.41 bits per heavy atom. The smallest absolute Gasteiger partial charge is 0.122 e. The number of nitrogens with two attached hydrogens (primary N) is 1. The van der Waals surface area contributed by atoms with Crippen molar-refractivity contribution in [1.82, 2.24) is 19.1 Å². The van der Waals surface area contributed by atoms with Crippen LogP contribution in [-0.2, 0) is 26.4 Å². The number of benzene rings is 3. The zero-order valence-electron chi connectivity index (χ0n) is 18.3. The van der Waals surface area contributed by atoms with Gasteiger partial charge in [0.15, 0.2) is 0 Å². The van der Waals surface area contributed by atoms with Crippen LogP contribution < -0.4 is 5.73 Å². The maximum Gasteiger partial charge on any atom is 0.122 e. The summed E-state index contributed by atoms with van der Waals surface area (Å²) in [5.74, 6) is 2.18. The minimum Gasteiger partial charge on any atom is -0.384 e. The van der Waals surface area contributed by atoms with E-state index in [1.54, 1.807) is 0 Å². The molecule has 0 amide bonds. The molecule has 0 aliphatic rings. The topological polar surface area (TPSA) is 85.5 Å². The second-order valence-electron chi connectivity index (χ2n) is 8.25. The van der Waals surface area contributed by atoms with Gasteiger partial charge in [-0.25, -0.2) is 9.97 Å². The van der Waals surface area contributed by atoms with Gasteiger partial charge in [0, 0.05) is 25.6 Å². The van der Waals surface area contributed by atoms with Crippen LogP contribution in [0.5, 0.6) is 0 Å². The molecule has 0 aliphatic carbocycles. The molecule has 0 saturated heterocycles. The quantitative estimate of drug-likeness (QED) is 0.315. The van der Waals surface area contributed by atoms with Crippen LogP contribution >= 0.6 is 0 Å². The first kappa shape index (κ1) is 20.0. The number of nitrogens with zero attached hydrogens (tertiary/aromatic N) is 4. The Balaban J connectivity index is 1.38. The molecule has 160 valence electrons. The van der Waals surface area contributed by atoms with Crippen molar-refractivity contribution in [2.75, 3.05) is 0 Å². The minimum absolute atomic E-state index is 0.0987. The molecule has 6 heteroatoms. The fraction of sp³-hybridized carbons (Fsp3) is 0.192. The van der Waals surface area contributed by atoms with Gasteiger partial charge in [0.25, 0.3) is 0 Å². The molecular weight excluding hydrogens is 396 g/mol. The Kier molecular flexibility index (Phi) is 4.98. The molecule has 0 atom stereocenters. The molecule has 0 spiro atoms. The second kappa shape index (κ2) is 7.96. The van der Waals surface area contributed by atoms with Gasteiger partial charge in [-0.2, -0.15) is 0 Å². The predicted octanol–water partition coefficient (Wildman–Crippen LogP) is 4.35. The number of para-hydroxylation sites is 2. The number of fused-ring (bicyclic) bond motifs is 2. The lowest BCUT2D eigenvalue weighted by molar-refractivity contribution is 0.786. The Labute approximate surface area is 186 Å². The summed E-state index contributed by atoms with van der Waals surface area (Å²) in [6.07, 6.45) is 1.74. The summed E-state index contributed by atoms with van der Waals surface area (Å²) in [6, 6.07) is 22.7. The molecule has 2 heterocycles. The molecule has 3 aromatic carbocycles. The lowest BCUT2D eigenvalue weighted by Gasteiger charge is -2.07. The first-order chi connectivity index (χ1) is 15.5. The van der Waals surface area contributed by atoms with E-state index >= 15 is 0 Å². The summed E-state index contributed by atoms with van der Waals surface area (Å²) >= 11 is 0. The molecule has 2 aromatic heterocycles. The number of nitrogen functional groups attached to an aromatic ring is 1. The number of amidine groups is 1. The number of nitrogens with one attached hydrogen (secondary N) is 1. The van der Waals surface area contributed by atoms with E-state index < -0.39 is 0 Å². The van der Waals surface area contributed by atoms with E-state index in [1.165, 1.54) is 11.1 Å². The van der Waals surface area contributed by atoms with Crippen LogP contribution in [0, 0.1) is 12.3 Å². The van der Waals surface area contributed by atoms with E-state index in [1.807, 2.05) is 30.3 Å². The standard InChI is InChI=1S/C26H26N6/c1-17-29-21-5-3-4-6-24(21)32(17)16-19-9-13-23-22(15-19)30-25(31(23)2)14-10-18-7-11-20(12-8-18)26(27)28/h3-9,11-13,15H,10,14,16H2,1-2H3,(H3,27,28). The third kappa shape index (κ3) is 3.64. The molecule has 0 fully saturated rings. The van der Waals surface area contributed by atoms with Gasteiger partial charge in [-0.05, 0) is 48.7 Å². The van der Waals surface area contributed by atoms with E-state index in [-0.39, 0.29) is 5.84 Å². The zero-order chi connectivity index (χ0) is 22.2. The highest BCUT2D eigenvalue weighted by Crippen LogP contribution is 2.21. The summed E-state index contributed by atoms with van der Waals surface area (Å²) < 4.78 is 4.44. The second-order valence-corrected chi connectivity index (χ2v) is 8.25. The largest absolute Gasteiger partial charge is 0.384 e. The molecule has 0 saturated carbocycles. The molecule has 0 bridgehead atoms. The summed E-state index contributed by atoms with van der Waals surface area (Å²) in [5.41, 5.74) is 13.1. The van der Waals surface area contributed by atoms with Crippen LogP contribution in [-0.4, -0.2) is 24.9 Å². The number of aryl methyl sites for hydroxylation is 4. The van der Waals surface area contributed by atoms with Gasteiger partial charge in [-0.1, -0.05) is 42.5 Å². The predicted molar refractivity (Wildman–Crippen MR) is 129 cm³/mol. The van der Waals surface area contributed by atoms with E-state index in [0.717, 1.165) is 58.7 Å². The van der Waals surface area contributed by atoms with Crippen LogP contribution in [0.2, 0.25) is 0 Å². The van der Waals surface area contributed by atoms with Crippen molar-refractivity contribution < 1.29 is 0 Å². The van der Waals surface area contributed by atoms with Gasteiger partial charge in [0.2, 0.25) is 0 Å². The molecule has 3 N–H and O–H groups in total. The Bertz CT molecular complexity index is 1440. The fourth-order valence-electron chi connectivity index (χ4n) is 4.30. The minimum atomic E-state index is 0.0987. The van der Waals surface area contributed by atoms with Crippen molar-refractivity contribution in [2.45, 2.75) is 26.3 Å². The number of rotatable bonds is 6. The van der Waals surface area contributed by atoms with Crippen molar-refractivity contribution in [2.24, 2.45) is 12.8 Å². The van der Waals surface area contributed by atoms with Gasteiger partial charge >= 0.3 is 0 Å². The lowest BCUT2D eigenvalue weighted by atomic mass is 10.1. The highest BCUT2D eigenvalue weighted by atomic mass is 15.1. The van der Waals surface area contributed by atoms with E-state index in [4.69, 9.17) is 16.1 Å². The molecule has 0 aliphatic heterocycles. The first-order valence-electron chi connectivity index (χ1n) is 10.8. The van der Waals surface area contributed by atoms with Gasteiger partial charge in [-0.15, -0.1) is 0 Å². The lowest BCUT2D eigenvalue weighted by Crippen LogP contribution is -2.10. The van der Waals surface area contributed by atoms with Crippen LogP contribution in [0.1, 0.15) is 28.3 Å². The van der Waals surface area contributed by atoms with Crippen LogP contribution in [0.4, 0.5) is 0 Å². The number of imidazole rings is 2. The van der Waals surface area contributed by atoms with Crippen molar-refractivity contribution in [3.05, 3.63) is 95.1 Å². The van der Waals surface area contributed by atoms with Gasteiger partial charge in [-0.3, -0.25) is 5.41 Å². The highest BCUT2D eigenvalue weighted by Gasteiger charge is 2.11. The molecule has 32 heavy (non-hydrogen) atoms. The monoisotopic (exact) mass is 422 g/mol. The Morgan fingerprint density at radius 1 is 0.875 bits per heavy atom. The number of hydrogen-bond donors (Lipinski definition) is 2. The van der Waals surface area contributed by atoms with E-state index in [9.17, 15) is 0 Å².